The summed E-state index contributed by atoms with van der Waals surface area (Å²) >= 11 is 3.38. The van der Waals surface area contributed by atoms with Gasteiger partial charge in [0.05, 0.1) is 5.69 Å². The molecule has 0 saturated heterocycles. The van der Waals surface area contributed by atoms with Crippen LogP contribution in [0.3, 0.4) is 0 Å². The molecule has 2 rings (SSSR count). The van der Waals surface area contributed by atoms with E-state index in [-0.39, 0.29) is 5.75 Å². The SMILES string of the molecule is Nc1cc(COc2cccc(Br)c2)ccc1O. The van der Waals surface area contributed by atoms with E-state index >= 15 is 0 Å². The Morgan fingerprint density at radius 1 is 1.18 bits per heavy atom. The Balaban J connectivity index is 2.05. The van der Waals surface area contributed by atoms with E-state index in [2.05, 4.69) is 15.9 Å². The Labute approximate surface area is 108 Å². The van der Waals surface area contributed by atoms with Crippen LogP contribution in [0.5, 0.6) is 11.5 Å². The number of aromatic hydroxyl groups is 1. The summed E-state index contributed by atoms with van der Waals surface area (Å²) in [6.07, 6.45) is 0. The number of phenols is 1. The topological polar surface area (TPSA) is 55.5 Å². The number of nitrogen functional groups attached to an aromatic ring is 1. The van der Waals surface area contributed by atoms with Crippen LogP contribution in [-0.2, 0) is 6.61 Å². The summed E-state index contributed by atoms with van der Waals surface area (Å²) in [5.74, 6) is 0.877. The van der Waals surface area contributed by atoms with Crippen LogP contribution in [0, 0.1) is 0 Å². The third kappa shape index (κ3) is 3.14. The minimum absolute atomic E-state index is 0.0937. The summed E-state index contributed by atoms with van der Waals surface area (Å²) in [4.78, 5) is 0. The Bertz CT molecular complexity index is 529. The van der Waals surface area contributed by atoms with Crippen LogP contribution in [0.1, 0.15) is 5.56 Å². The molecule has 3 nitrogen and oxygen atoms in total. The summed E-state index contributed by atoms with van der Waals surface area (Å²) in [5.41, 5.74) is 6.88. The van der Waals surface area contributed by atoms with Crippen LogP contribution in [0.15, 0.2) is 46.9 Å². The van der Waals surface area contributed by atoms with Crippen LogP contribution >= 0.6 is 15.9 Å². The number of ether oxygens (including phenoxy) is 1. The molecule has 0 amide bonds. The van der Waals surface area contributed by atoms with Crippen molar-refractivity contribution < 1.29 is 9.84 Å². The molecule has 4 heteroatoms. The lowest BCUT2D eigenvalue weighted by Crippen LogP contribution is -1.96. The molecule has 0 aliphatic carbocycles. The summed E-state index contributed by atoms with van der Waals surface area (Å²) in [6, 6.07) is 12.7. The minimum atomic E-state index is 0.0937. The largest absolute Gasteiger partial charge is 0.506 e. The predicted molar refractivity (Wildman–Crippen MR) is 71.0 cm³/mol. The third-order valence-electron chi connectivity index (χ3n) is 2.29. The van der Waals surface area contributed by atoms with Crippen LogP contribution in [0.25, 0.3) is 0 Å². The standard InChI is InChI=1S/C13H12BrNO2/c14-10-2-1-3-11(7-10)17-8-9-4-5-13(16)12(15)6-9/h1-7,16H,8,15H2. The maximum absolute atomic E-state index is 9.29. The molecule has 2 aromatic carbocycles. The number of hydrogen-bond donors (Lipinski definition) is 2. The zero-order chi connectivity index (χ0) is 12.3. The molecule has 0 atom stereocenters. The third-order valence-corrected chi connectivity index (χ3v) is 2.79. The fourth-order valence-electron chi connectivity index (χ4n) is 1.42. The molecule has 0 aliphatic rings. The first kappa shape index (κ1) is 11.8. The Morgan fingerprint density at radius 2 is 2.00 bits per heavy atom. The van der Waals surface area contributed by atoms with Gasteiger partial charge in [-0.05, 0) is 35.9 Å². The summed E-state index contributed by atoms with van der Waals surface area (Å²) in [5, 5.41) is 9.29. The molecule has 0 radical (unpaired) electrons. The van der Waals surface area contributed by atoms with Crippen molar-refractivity contribution in [2.45, 2.75) is 6.61 Å². The van der Waals surface area contributed by atoms with Crippen LogP contribution in [0.4, 0.5) is 5.69 Å². The van der Waals surface area contributed by atoms with E-state index in [1.165, 1.54) is 0 Å². The van der Waals surface area contributed by atoms with E-state index in [4.69, 9.17) is 10.5 Å². The monoisotopic (exact) mass is 293 g/mol. The van der Waals surface area contributed by atoms with Gasteiger partial charge in [-0.25, -0.2) is 0 Å². The van der Waals surface area contributed by atoms with Crippen LogP contribution in [0.2, 0.25) is 0 Å². The van der Waals surface area contributed by atoms with Crippen LogP contribution < -0.4 is 10.5 Å². The van der Waals surface area contributed by atoms with Gasteiger partial charge in [0, 0.05) is 4.47 Å². The predicted octanol–water partition coefficient (Wildman–Crippen LogP) is 3.32. The summed E-state index contributed by atoms with van der Waals surface area (Å²) in [6.45, 7) is 0.418. The zero-order valence-electron chi connectivity index (χ0n) is 9.06. The van der Waals surface area contributed by atoms with Gasteiger partial charge in [0.15, 0.2) is 0 Å². The molecule has 0 bridgehead atoms. The number of nitrogens with two attached hydrogens (primary N) is 1. The highest BCUT2D eigenvalue weighted by molar-refractivity contribution is 9.10. The van der Waals surface area contributed by atoms with E-state index in [0.29, 0.717) is 12.3 Å². The van der Waals surface area contributed by atoms with E-state index in [0.717, 1.165) is 15.8 Å². The smallest absolute Gasteiger partial charge is 0.138 e. The van der Waals surface area contributed by atoms with Crippen molar-refractivity contribution >= 4 is 21.6 Å². The second-order valence-corrected chi connectivity index (χ2v) is 4.55. The fraction of sp³-hybridized carbons (Fsp3) is 0.0769. The molecule has 0 saturated carbocycles. The average molecular weight is 294 g/mol. The maximum atomic E-state index is 9.29. The van der Waals surface area contributed by atoms with E-state index in [1.807, 2.05) is 24.3 Å². The van der Waals surface area contributed by atoms with Crippen molar-refractivity contribution in [1.82, 2.24) is 0 Å². The number of rotatable bonds is 3. The van der Waals surface area contributed by atoms with Crippen molar-refractivity contribution in [3.8, 4) is 11.5 Å². The highest BCUT2D eigenvalue weighted by atomic mass is 79.9. The van der Waals surface area contributed by atoms with Crippen molar-refractivity contribution in [2.24, 2.45) is 0 Å². The van der Waals surface area contributed by atoms with E-state index in [9.17, 15) is 5.11 Å². The summed E-state index contributed by atoms with van der Waals surface area (Å²) in [7, 11) is 0. The number of phenolic OH excluding ortho intramolecular Hbond substituents is 1. The van der Waals surface area contributed by atoms with Crippen molar-refractivity contribution in [3.63, 3.8) is 0 Å². The number of halogens is 1. The molecule has 17 heavy (non-hydrogen) atoms. The molecule has 0 aliphatic heterocycles. The molecular weight excluding hydrogens is 282 g/mol. The number of anilines is 1. The van der Waals surface area contributed by atoms with Crippen molar-refractivity contribution in [2.75, 3.05) is 5.73 Å². The molecule has 0 fully saturated rings. The average Bonchev–Trinajstić information content (AvgIpc) is 2.31. The lowest BCUT2D eigenvalue weighted by atomic mass is 10.2. The molecule has 2 aromatic rings. The van der Waals surface area contributed by atoms with Gasteiger partial charge in [-0.1, -0.05) is 28.1 Å². The molecule has 0 spiro atoms. The Hall–Kier alpha value is -1.68. The van der Waals surface area contributed by atoms with Crippen molar-refractivity contribution in [1.29, 1.82) is 0 Å². The zero-order valence-corrected chi connectivity index (χ0v) is 10.6. The normalized spacial score (nSPS) is 10.2. The Kier molecular flexibility index (Phi) is 3.54. The quantitative estimate of drug-likeness (QED) is 0.674. The van der Waals surface area contributed by atoms with Gasteiger partial charge in [-0.15, -0.1) is 0 Å². The minimum Gasteiger partial charge on any atom is -0.506 e. The number of benzene rings is 2. The Morgan fingerprint density at radius 3 is 2.71 bits per heavy atom. The van der Waals surface area contributed by atoms with Gasteiger partial charge in [-0.2, -0.15) is 0 Å². The van der Waals surface area contributed by atoms with Gasteiger partial charge in [0.1, 0.15) is 18.1 Å². The molecular formula is C13H12BrNO2. The first-order valence-electron chi connectivity index (χ1n) is 5.11. The second kappa shape index (κ2) is 5.10. The van der Waals surface area contributed by atoms with Gasteiger partial charge < -0.3 is 15.6 Å². The first-order valence-corrected chi connectivity index (χ1v) is 5.90. The molecule has 0 unspecified atom stereocenters. The second-order valence-electron chi connectivity index (χ2n) is 3.64. The first-order chi connectivity index (χ1) is 8.15. The molecule has 0 heterocycles. The van der Waals surface area contributed by atoms with Crippen molar-refractivity contribution in [3.05, 3.63) is 52.5 Å². The van der Waals surface area contributed by atoms with Crippen LogP contribution in [-0.4, -0.2) is 5.11 Å². The fourth-order valence-corrected chi connectivity index (χ4v) is 1.80. The molecule has 3 N–H and O–H groups in total. The number of hydrogen-bond acceptors (Lipinski definition) is 3. The highest BCUT2D eigenvalue weighted by Gasteiger charge is 2.00. The van der Waals surface area contributed by atoms with Gasteiger partial charge >= 0.3 is 0 Å². The van der Waals surface area contributed by atoms with Gasteiger partial charge in [0.2, 0.25) is 0 Å². The summed E-state index contributed by atoms with van der Waals surface area (Å²) < 4.78 is 6.57. The van der Waals surface area contributed by atoms with E-state index < -0.39 is 0 Å². The van der Waals surface area contributed by atoms with Gasteiger partial charge in [-0.3, -0.25) is 0 Å². The molecule has 0 aromatic heterocycles. The molecule has 88 valence electrons. The van der Waals surface area contributed by atoms with Gasteiger partial charge in [0.25, 0.3) is 0 Å². The lowest BCUT2D eigenvalue weighted by Gasteiger charge is -2.07. The lowest BCUT2D eigenvalue weighted by molar-refractivity contribution is 0.306. The van der Waals surface area contributed by atoms with E-state index in [1.54, 1.807) is 18.2 Å². The highest BCUT2D eigenvalue weighted by Crippen LogP contribution is 2.22. The maximum Gasteiger partial charge on any atom is 0.138 e.